The number of hydrogen-bond donors (Lipinski definition) is 0. The highest BCUT2D eigenvalue weighted by Crippen LogP contribution is 2.30. The first kappa shape index (κ1) is 9.83. The van der Waals surface area contributed by atoms with Crippen LogP contribution in [0.3, 0.4) is 0 Å². The van der Waals surface area contributed by atoms with Gasteiger partial charge in [0.25, 0.3) is 6.43 Å². The molecule has 0 amide bonds. The van der Waals surface area contributed by atoms with Crippen LogP contribution in [0.25, 0.3) is 0 Å². The minimum Gasteiger partial charge on any atom is -0.494 e. The summed E-state index contributed by atoms with van der Waals surface area (Å²) in [7, 11) is 1.24. The highest BCUT2D eigenvalue weighted by Gasteiger charge is 2.18. The predicted octanol–water partition coefficient (Wildman–Crippen LogP) is 2.48. The molecule has 0 saturated heterocycles. The fourth-order valence-corrected chi connectivity index (χ4v) is 1.07. The Balaban J connectivity index is 3.29. The van der Waals surface area contributed by atoms with Gasteiger partial charge in [-0.25, -0.2) is 13.8 Å². The second-order valence-electron chi connectivity index (χ2n) is 2.45. The van der Waals surface area contributed by atoms with Gasteiger partial charge in [0, 0.05) is 6.07 Å². The topological polar surface area (TPSA) is 22.1 Å². The molecule has 0 spiro atoms. The average molecular weight is 191 g/mol. The van der Waals surface area contributed by atoms with E-state index < -0.39 is 17.9 Å². The Hall–Kier alpha value is -1.26. The number of aryl methyl sites for hydroxylation is 1. The molecule has 0 aliphatic carbocycles. The van der Waals surface area contributed by atoms with Gasteiger partial charge in [0.1, 0.15) is 5.75 Å². The Kier molecular flexibility index (Phi) is 2.75. The largest absolute Gasteiger partial charge is 0.494 e. The highest BCUT2D eigenvalue weighted by atomic mass is 19.3. The van der Waals surface area contributed by atoms with Crippen LogP contribution in [0.4, 0.5) is 13.2 Å². The van der Waals surface area contributed by atoms with Crippen LogP contribution >= 0.6 is 0 Å². The lowest BCUT2D eigenvalue weighted by atomic mass is 10.2. The first-order valence-corrected chi connectivity index (χ1v) is 3.55. The molecule has 0 saturated carbocycles. The van der Waals surface area contributed by atoms with Gasteiger partial charge in [0.15, 0.2) is 0 Å². The van der Waals surface area contributed by atoms with E-state index in [1.165, 1.54) is 14.0 Å². The molecule has 2 nitrogen and oxygen atoms in total. The number of alkyl halides is 2. The Morgan fingerprint density at radius 2 is 2.08 bits per heavy atom. The summed E-state index contributed by atoms with van der Waals surface area (Å²) < 4.78 is 41.9. The number of rotatable bonds is 2. The molecule has 0 bridgehead atoms. The standard InChI is InChI=1S/C8H8F3NO/c1-4-7(13-2)5(8(10)11)3-6(9)12-4/h3,8H,1-2H3. The van der Waals surface area contributed by atoms with Gasteiger partial charge < -0.3 is 4.74 Å². The minimum absolute atomic E-state index is 0.0589. The van der Waals surface area contributed by atoms with Crippen molar-refractivity contribution < 1.29 is 17.9 Å². The zero-order chi connectivity index (χ0) is 10.0. The Morgan fingerprint density at radius 3 is 2.54 bits per heavy atom. The van der Waals surface area contributed by atoms with Crippen LogP contribution in [-0.4, -0.2) is 12.1 Å². The molecule has 0 aromatic carbocycles. The van der Waals surface area contributed by atoms with E-state index in [1.54, 1.807) is 0 Å². The fraction of sp³-hybridized carbons (Fsp3) is 0.375. The molecule has 13 heavy (non-hydrogen) atoms. The SMILES string of the molecule is COc1c(C(F)F)cc(F)nc1C. The van der Waals surface area contributed by atoms with Gasteiger partial charge in [-0.2, -0.15) is 4.39 Å². The fourth-order valence-electron chi connectivity index (χ4n) is 1.07. The van der Waals surface area contributed by atoms with E-state index in [0.29, 0.717) is 6.07 Å². The van der Waals surface area contributed by atoms with Crippen molar-refractivity contribution in [1.29, 1.82) is 0 Å². The molecule has 1 rings (SSSR count). The zero-order valence-corrected chi connectivity index (χ0v) is 7.14. The van der Waals surface area contributed by atoms with Crippen LogP contribution in [0.2, 0.25) is 0 Å². The second kappa shape index (κ2) is 3.64. The summed E-state index contributed by atoms with van der Waals surface area (Å²) in [5.41, 5.74) is -0.342. The van der Waals surface area contributed by atoms with Crippen LogP contribution in [0.5, 0.6) is 5.75 Å². The van der Waals surface area contributed by atoms with Crippen molar-refractivity contribution in [1.82, 2.24) is 4.98 Å². The molecule has 1 aromatic rings. The maximum atomic E-state index is 12.6. The lowest BCUT2D eigenvalue weighted by Gasteiger charge is -2.09. The molecular formula is C8H8F3NO. The predicted molar refractivity (Wildman–Crippen MR) is 40.4 cm³/mol. The molecule has 72 valence electrons. The van der Waals surface area contributed by atoms with Gasteiger partial charge in [-0.1, -0.05) is 0 Å². The van der Waals surface area contributed by atoms with E-state index in [9.17, 15) is 13.2 Å². The van der Waals surface area contributed by atoms with Crippen molar-refractivity contribution in [3.63, 3.8) is 0 Å². The van der Waals surface area contributed by atoms with Gasteiger partial charge in [-0.05, 0) is 6.92 Å². The van der Waals surface area contributed by atoms with Gasteiger partial charge >= 0.3 is 0 Å². The third-order valence-corrected chi connectivity index (χ3v) is 1.58. The van der Waals surface area contributed by atoms with Crippen molar-refractivity contribution in [2.24, 2.45) is 0 Å². The number of methoxy groups -OCH3 is 1. The average Bonchev–Trinajstić information content (AvgIpc) is 2.02. The van der Waals surface area contributed by atoms with Crippen LogP contribution in [-0.2, 0) is 0 Å². The van der Waals surface area contributed by atoms with Crippen molar-refractivity contribution in [2.75, 3.05) is 7.11 Å². The summed E-state index contributed by atoms with van der Waals surface area (Å²) in [6, 6.07) is 0.677. The van der Waals surface area contributed by atoms with E-state index in [4.69, 9.17) is 0 Å². The van der Waals surface area contributed by atoms with Crippen molar-refractivity contribution in [3.05, 3.63) is 23.3 Å². The van der Waals surface area contributed by atoms with E-state index in [0.717, 1.165) is 0 Å². The Bertz CT molecular complexity index is 315. The molecule has 0 radical (unpaired) electrons. The van der Waals surface area contributed by atoms with Crippen molar-refractivity contribution >= 4 is 0 Å². The highest BCUT2D eigenvalue weighted by molar-refractivity contribution is 5.37. The normalized spacial score (nSPS) is 10.6. The van der Waals surface area contributed by atoms with Crippen LogP contribution in [0.15, 0.2) is 6.07 Å². The number of halogens is 3. The van der Waals surface area contributed by atoms with Gasteiger partial charge in [0.05, 0.1) is 18.4 Å². The lowest BCUT2D eigenvalue weighted by molar-refractivity contribution is 0.146. The molecule has 0 atom stereocenters. The molecule has 0 aliphatic rings. The maximum absolute atomic E-state index is 12.6. The van der Waals surface area contributed by atoms with Crippen LogP contribution in [0, 0.1) is 12.9 Å². The molecule has 0 fully saturated rings. The molecule has 5 heteroatoms. The minimum atomic E-state index is -2.76. The summed E-state index contributed by atoms with van der Waals surface area (Å²) in [5, 5.41) is 0. The van der Waals surface area contributed by atoms with Gasteiger partial charge in [0.2, 0.25) is 5.95 Å². The Morgan fingerprint density at radius 1 is 1.46 bits per heavy atom. The number of nitrogens with zero attached hydrogens (tertiary/aromatic N) is 1. The van der Waals surface area contributed by atoms with E-state index in [1.807, 2.05) is 0 Å². The lowest BCUT2D eigenvalue weighted by Crippen LogP contribution is -1.99. The first-order chi connectivity index (χ1) is 6.06. The summed E-state index contributed by atoms with van der Waals surface area (Å²) in [4.78, 5) is 3.36. The number of ether oxygens (including phenoxy) is 1. The molecule has 0 unspecified atom stereocenters. The smallest absolute Gasteiger partial charge is 0.267 e. The monoisotopic (exact) mass is 191 g/mol. The summed E-state index contributed by atoms with van der Waals surface area (Å²) >= 11 is 0. The maximum Gasteiger partial charge on any atom is 0.267 e. The second-order valence-corrected chi connectivity index (χ2v) is 2.45. The number of hydrogen-bond acceptors (Lipinski definition) is 2. The quantitative estimate of drug-likeness (QED) is 0.670. The summed E-state index contributed by atoms with van der Waals surface area (Å²) in [5.74, 6) is -0.981. The molecule has 1 aromatic heterocycles. The van der Waals surface area contributed by atoms with Crippen LogP contribution < -0.4 is 4.74 Å². The van der Waals surface area contributed by atoms with Crippen LogP contribution in [0.1, 0.15) is 17.7 Å². The first-order valence-electron chi connectivity index (χ1n) is 3.55. The van der Waals surface area contributed by atoms with Crippen molar-refractivity contribution in [3.8, 4) is 5.75 Å². The molecular weight excluding hydrogens is 183 g/mol. The van der Waals surface area contributed by atoms with E-state index in [2.05, 4.69) is 9.72 Å². The van der Waals surface area contributed by atoms with Gasteiger partial charge in [-0.3, -0.25) is 0 Å². The number of pyridine rings is 1. The van der Waals surface area contributed by atoms with Gasteiger partial charge in [-0.15, -0.1) is 0 Å². The number of aromatic nitrogens is 1. The molecule has 1 heterocycles. The van der Waals surface area contributed by atoms with Crippen molar-refractivity contribution in [2.45, 2.75) is 13.3 Å². The summed E-state index contributed by atoms with van der Waals surface area (Å²) in [6.45, 7) is 1.41. The third-order valence-electron chi connectivity index (χ3n) is 1.58. The molecule has 0 N–H and O–H groups in total. The van der Waals surface area contributed by atoms with E-state index >= 15 is 0 Å². The third kappa shape index (κ3) is 1.91. The summed E-state index contributed by atoms with van der Waals surface area (Å²) in [6.07, 6.45) is -2.76. The zero-order valence-electron chi connectivity index (χ0n) is 7.14. The molecule has 0 aliphatic heterocycles. The van der Waals surface area contributed by atoms with E-state index in [-0.39, 0.29) is 11.4 Å². The Labute approximate surface area is 73.4 Å².